The highest BCUT2D eigenvalue weighted by molar-refractivity contribution is 5.92. The summed E-state index contributed by atoms with van der Waals surface area (Å²) >= 11 is 0. The molecule has 6 nitrogen and oxygen atoms in total. The van der Waals surface area contributed by atoms with Crippen molar-refractivity contribution in [1.82, 2.24) is 15.5 Å². The summed E-state index contributed by atoms with van der Waals surface area (Å²) in [5.41, 5.74) is 1.52. The van der Waals surface area contributed by atoms with Crippen LogP contribution in [0, 0.1) is 0 Å². The molecule has 1 unspecified atom stereocenters. The van der Waals surface area contributed by atoms with Gasteiger partial charge < -0.3 is 15.0 Å². The largest absolute Gasteiger partial charge is 0.376 e. The summed E-state index contributed by atoms with van der Waals surface area (Å²) in [6, 6.07) is 13.7. The van der Waals surface area contributed by atoms with Crippen molar-refractivity contribution in [3.63, 3.8) is 0 Å². The van der Waals surface area contributed by atoms with Crippen LogP contribution in [0.3, 0.4) is 0 Å². The van der Waals surface area contributed by atoms with Crippen LogP contribution in [0.1, 0.15) is 28.9 Å². The number of benzene rings is 1. The maximum atomic E-state index is 12.1. The van der Waals surface area contributed by atoms with Crippen LogP contribution < -0.4 is 10.2 Å². The topological polar surface area (TPSA) is 67.4 Å². The molecule has 1 atom stereocenters. The number of aromatic nitrogens is 2. The molecule has 3 rings (SSSR count). The van der Waals surface area contributed by atoms with Gasteiger partial charge in [0.2, 0.25) is 0 Å². The fraction of sp³-hybridized carbons (Fsp3) is 0.389. The van der Waals surface area contributed by atoms with Crippen LogP contribution in [0.4, 0.5) is 5.82 Å². The Bertz CT molecular complexity index is 654. The van der Waals surface area contributed by atoms with E-state index in [0.29, 0.717) is 12.2 Å². The minimum Gasteiger partial charge on any atom is -0.376 e. The SMILES string of the molecule is CN(Cc1ccccc1)c1ccc(C(=O)NCC2CCCO2)nn1. The van der Waals surface area contributed by atoms with E-state index in [1.54, 1.807) is 6.07 Å². The number of anilines is 1. The molecule has 6 heteroatoms. The number of ether oxygens (including phenoxy) is 1. The van der Waals surface area contributed by atoms with Gasteiger partial charge in [-0.15, -0.1) is 10.2 Å². The Hall–Kier alpha value is -2.47. The molecule has 1 amide bonds. The Morgan fingerprint density at radius 3 is 2.75 bits per heavy atom. The molecule has 2 heterocycles. The highest BCUT2D eigenvalue weighted by atomic mass is 16.5. The third kappa shape index (κ3) is 4.29. The van der Waals surface area contributed by atoms with Crippen LogP contribution in [0.25, 0.3) is 0 Å². The maximum Gasteiger partial charge on any atom is 0.271 e. The first-order valence-electron chi connectivity index (χ1n) is 8.21. The summed E-state index contributed by atoms with van der Waals surface area (Å²) in [6.45, 7) is 2.04. The van der Waals surface area contributed by atoms with Gasteiger partial charge in [0.25, 0.3) is 5.91 Å². The smallest absolute Gasteiger partial charge is 0.271 e. The van der Waals surface area contributed by atoms with Crippen molar-refractivity contribution in [2.24, 2.45) is 0 Å². The van der Waals surface area contributed by atoms with Gasteiger partial charge in [-0.3, -0.25) is 4.79 Å². The van der Waals surface area contributed by atoms with Crippen LogP contribution >= 0.6 is 0 Å². The third-order valence-electron chi connectivity index (χ3n) is 4.05. The van der Waals surface area contributed by atoms with E-state index in [2.05, 4.69) is 27.6 Å². The second-order valence-corrected chi connectivity index (χ2v) is 5.96. The minimum atomic E-state index is -0.213. The van der Waals surface area contributed by atoms with E-state index < -0.39 is 0 Å². The predicted octanol–water partition coefficient (Wildman–Crippen LogP) is 2.02. The van der Waals surface area contributed by atoms with Crippen LogP contribution in [-0.4, -0.2) is 42.4 Å². The lowest BCUT2D eigenvalue weighted by Crippen LogP contribution is -2.32. The molecule has 1 aromatic carbocycles. The lowest BCUT2D eigenvalue weighted by atomic mass is 10.2. The first kappa shape index (κ1) is 16.4. The van der Waals surface area contributed by atoms with Gasteiger partial charge in [0.1, 0.15) is 0 Å². The Morgan fingerprint density at radius 2 is 2.08 bits per heavy atom. The summed E-state index contributed by atoms with van der Waals surface area (Å²) in [7, 11) is 1.95. The lowest BCUT2D eigenvalue weighted by molar-refractivity contribution is 0.0853. The molecule has 1 aliphatic heterocycles. The highest BCUT2D eigenvalue weighted by Gasteiger charge is 2.17. The lowest BCUT2D eigenvalue weighted by Gasteiger charge is -2.17. The summed E-state index contributed by atoms with van der Waals surface area (Å²) < 4.78 is 5.49. The molecule has 2 aromatic rings. The number of nitrogens with one attached hydrogen (secondary N) is 1. The van der Waals surface area contributed by atoms with E-state index in [1.165, 1.54) is 5.56 Å². The first-order chi connectivity index (χ1) is 11.7. The summed E-state index contributed by atoms with van der Waals surface area (Å²) in [5.74, 6) is 0.518. The van der Waals surface area contributed by atoms with E-state index in [0.717, 1.165) is 31.8 Å². The predicted molar refractivity (Wildman–Crippen MR) is 91.9 cm³/mol. The molecule has 0 bridgehead atoms. The number of amides is 1. The average molecular weight is 326 g/mol. The molecule has 1 saturated heterocycles. The van der Waals surface area contributed by atoms with Crippen molar-refractivity contribution in [1.29, 1.82) is 0 Å². The zero-order chi connectivity index (χ0) is 16.8. The van der Waals surface area contributed by atoms with Gasteiger partial charge in [-0.25, -0.2) is 0 Å². The third-order valence-corrected chi connectivity index (χ3v) is 4.05. The molecular weight excluding hydrogens is 304 g/mol. The normalized spacial score (nSPS) is 16.8. The fourth-order valence-electron chi connectivity index (χ4n) is 2.69. The van der Waals surface area contributed by atoms with Crippen LogP contribution in [0.5, 0.6) is 0 Å². The van der Waals surface area contributed by atoms with Crippen LogP contribution in [0.2, 0.25) is 0 Å². The zero-order valence-electron chi connectivity index (χ0n) is 13.8. The molecular formula is C18H22N4O2. The van der Waals surface area contributed by atoms with Gasteiger partial charge in [-0.1, -0.05) is 30.3 Å². The number of nitrogens with zero attached hydrogens (tertiary/aromatic N) is 3. The summed E-state index contributed by atoms with van der Waals surface area (Å²) in [5, 5.41) is 11.1. The first-order valence-corrected chi connectivity index (χ1v) is 8.21. The second-order valence-electron chi connectivity index (χ2n) is 5.96. The number of carbonyl (C=O) groups is 1. The van der Waals surface area contributed by atoms with E-state index in [1.807, 2.05) is 36.2 Å². The molecule has 1 aliphatic rings. The molecule has 0 radical (unpaired) electrons. The fourth-order valence-corrected chi connectivity index (χ4v) is 2.69. The van der Waals surface area contributed by atoms with Crippen molar-refractivity contribution in [2.75, 3.05) is 25.1 Å². The number of carbonyl (C=O) groups excluding carboxylic acids is 1. The van der Waals surface area contributed by atoms with Crippen molar-refractivity contribution < 1.29 is 9.53 Å². The maximum absolute atomic E-state index is 12.1. The van der Waals surface area contributed by atoms with E-state index in [-0.39, 0.29) is 12.0 Å². The standard InChI is InChI=1S/C18H22N4O2/c1-22(13-14-6-3-2-4-7-14)17-10-9-16(20-21-17)18(23)19-12-15-8-5-11-24-15/h2-4,6-7,9-10,15H,5,8,11-13H2,1H3,(H,19,23). The summed E-state index contributed by atoms with van der Waals surface area (Å²) in [6.07, 6.45) is 2.18. The molecule has 0 saturated carbocycles. The van der Waals surface area contributed by atoms with Gasteiger partial charge in [0.15, 0.2) is 11.5 Å². The van der Waals surface area contributed by atoms with Gasteiger partial charge >= 0.3 is 0 Å². The average Bonchev–Trinajstić information content (AvgIpc) is 3.14. The number of hydrogen-bond donors (Lipinski definition) is 1. The molecule has 24 heavy (non-hydrogen) atoms. The minimum absolute atomic E-state index is 0.123. The van der Waals surface area contributed by atoms with Crippen molar-refractivity contribution >= 4 is 11.7 Å². The van der Waals surface area contributed by atoms with E-state index in [4.69, 9.17) is 4.74 Å². The molecule has 0 spiro atoms. The van der Waals surface area contributed by atoms with Crippen LogP contribution in [0.15, 0.2) is 42.5 Å². The molecule has 1 aromatic heterocycles. The molecule has 126 valence electrons. The molecule has 1 fully saturated rings. The number of hydrogen-bond acceptors (Lipinski definition) is 5. The Balaban J connectivity index is 1.55. The number of rotatable bonds is 6. The van der Waals surface area contributed by atoms with Crippen molar-refractivity contribution in [3.05, 3.63) is 53.7 Å². The second kappa shape index (κ2) is 7.88. The van der Waals surface area contributed by atoms with Crippen molar-refractivity contribution in [3.8, 4) is 0 Å². The van der Waals surface area contributed by atoms with Crippen molar-refractivity contribution in [2.45, 2.75) is 25.5 Å². The monoisotopic (exact) mass is 326 g/mol. The summed E-state index contributed by atoms with van der Waals surface area (Å²) in [4.78, 5) is 14.1. The highest BCUT2D eigenvalue weighted by Crippen LogP contribution is 2.13. The van der Waals surface area contributed by atoms with E-state index >= 15 is 0 Å². The van der Waals surface area contributed by atoms with E-state index in [9.17, 15) is 4.79 Å². The quantitative estimate of drug-likeness (QED) is 0.880. The van der Waals surface area contributed by atoms with Gasteiger partial charge in [0, 0.05) is 26.7 Å². The molecule has 0 aliphatic carbocycles. The Morgan fingerprint density at radius 1 is 1.25 bits per heavy atom. The Kier molecular flexibility index (Phi) is 5.38. The van der Waals surface area contributed by atoms with Crippen LogP contribution in [-0.2, 0) is 11.3 Å². The molecule has 1 N–H and O–H groups in total. The van der Waals surface area contributed by atoms with Gasteiger partial charge in [0.05, 0.1) is 6.10 Å². The van der Waals surface area contributed by atoms with Gasteiger partial charge in [-0.2, -0.15) is 0 Å². The van der Waals surface area contributed by atoms with Gasteiger partial charge in [-0.05, 0) is 30.5 Å². The Labute approximate surface area is 141 Å². The zero-order valence-corrected chi connectivity index (χ0v) is 13.8.